The van der Waals surface area contributed by atoms with E-state index in [1.807, 2.05) is 37.3 Å². The molecular formula is C21H21NO5. The van der Waals surface area contributed by atoms with Crippen molar-refractivity contribution in [1.82, 2.24) is 0 Å². The fourth-order valence-electron chi connectivity index (χ4n) is 2.60. The molecule has 2 aromatic rings. The second kappa shape index (κ2) is 8.40. The number of aliphatic imine (C=N–C) groups is 1. The van der Waals surface area contributed by atoms with Crippen molar-refractivity contribution in [2.24, 2.45) is 4.99 Å². The molecule has 0 fully saturated rings. The van der Waals surface area contributed by atoms with Gasteiger partial charge in [-0.1, -0.05) is 25.1 Å². The number of para-hydroxylation sites is 1. The Kier molecular flexibility index (Phi) is 5.76. The Morgan fingerprint density at radius 2 is 1.93 bits per heavy atom. The Labute approximate surface area is 158 Å². The zero-order valence-corrected chi connectivity index (χ0v) is 15.5. The lowest BCUT2D eigenvalue weighted by atomic mass is 10.1. The first-order valence-electron chi connectivity index (χ1n) is 8.63. The van der Waals surface area contributed by atoms with Crippen molar-refractivity contribution in [3.05, 3.63) is 59.3 Å². The van der Waals surface area contributed by atoms with Crippen molar-refractivity contribution in [3.8, 4) is 17.2 Å². The molecule has 6 nitrogen and oxygen atoms in total. The fourth-order valence-corrected chi connectivity index (χ4v) is 2.60. The van der Waals surface area contributed by atoms with Crippen molar-refractivity contribution in [3.63, 3.8) is 0 Å². The molecule has 3 rings (SSSR count). The summed E-state index contributed by atoms with van der Waals surface area (Å²) in [4.78, 5) is 16.6. The van der Waals surface area contributed by atoms with E-state index in [4.69, 9.17) is 18.9 Å². The molecule has 0 spiro atoms. The SMILES string of the molecule is CCCOc1c(/C=C2/N=C(c3cccc(OC)c3)OC2=O)cccc1OC. The zero-order valence-electron chi connectivity index (χ0n) is 15.5. The summed E-state index contributed by atoms with van der Waals surface area (Å²) < 4.78 is 21.7. The minimum Gasteiger partial charge on any atom is -0.497 e. The van der Waals surface area contributed by atoms with Crippen LogP contribution in [0.15, 0.2) is 53.2 Å². The average Bonchev–Trinajstić information content (AvgIpc) is 3.07. The molecule has 1 heterocycles. The Morgan fingerprint density at radius 1 is 1.11 bits per heavy atom. The number of rotatable bonds is 7. The molecule has 0 aromatic heterocycles. The lowest BCUT2D eigenvalue weighted by Crippen LogP contribution is -2.05. The number of hydrogen-bond acceptors (Lipinski definition) is 6. The maximum absolute atomic E-state index is 12.3. The van der Waals surface area contributed by atoms with E-state index in [0.717, 1.165) is 6.42 Å². The highest BCUT2D eigenvalue weighted by Gasteiger charge is 2.25. The molecule has 6 heteroatoms. The number of ether oxygens (including phenoxy) is 4. The van der Waals surface area contributed by atoms with Gasteiger partial charge in [0.05, 0.1) is 20.8 Å². The number of methoxy groups -OCH3 is 2. The number of carbonyl (C=O) groups is 1. The van der Waals surface area contributed by atoms with Crippen molar-refractivity contribution in [1.29, 1.82) is 0 Å². The molecule has 0 unspecified atom stereocenters. The standard InChI is InChI=1S/C21H21NO5/c1-4-11-26-19-14(7-6-10-18(19)25-3)13-17-21(23)27-20(22-17)15-8-5-9-16(12-15)24-2/h5-10,12-13H,4,11H2,1-3H3/b17-13+. The fraction of sp³-hybridized carbons (Fsp3) is 0.238. The summed E-state index contributed by atoms with van der Waals surface area (Å²) >= 11 is 0. The Hall–Kier alpha value is -3.28. The lowest BCUT2D eigenvalue weighted by molar-refractivity contribution is -0.129. The molecule has 140 valence electrons. The maximum Gasteiger partial charge on any atom is 0.363 e. The summed E-state index contributed by atoms with van der Waals surface area (Å²) in [6.45, 7) is 2.56. The summed E-state index contributed by atoms with van der Waals surface area (Å²) in [7, 11) is 3.15. The van der Waals surface area contributed by atoms with E-state index in [1.54, 1.807) is 32.4 Å². The van der Waals surface area contributed by atoms with Crippen LogP contribution in [0, 0.1) is 0 Å². The number of carbonyl (C=O) groups excluding carboxylic acids is 1. The van der Waals surface area contributed by atoms with Gasteiger partial charge in [0.25, 0.3) is 0 Å². The van der Waals surface area contributed by atoms with Crippen LogP contribution < -0.4 is 14.2 Å². The molecule has 0 amide bonds. The smallest absolute Gasteiger partial charge is 0.363 e. The van der Waals surface area contributed by atoms with Crippen molar-refractivity contribution in [2.45, 2.75) is 13.3 Å². The lowest BCUT2D eigenvalue weighted by Gasteiger charge is -2.12. The normalized spacial score (nSPS) is 14.7. The summed E-state index contributed by atoms with van der Waals surface area (Å²) in [6, 6.07) is 12.7. The summed E-state index contributed by atoms with van der Waals surface area (Å²) in [5.41, 5.74) is 1.56. The van der Waals surface area contributed by atoms with Gasteiger partial charge in [0.2, 0.25) is 5.90 Å². The zero-order chi connectivity index (χ0) is 19.2. The Bertz CT molecular complexity index is 901. The number of benzene rings is 2. The predicted molar refractivity (Wildman–Crippen MR) is 102 cm³/mol. The van der Waals surface area contributed by atoms with Crippen molar-refractivity contribution >= 4 is 17.9 Å². The maximum atomic E-state index is 12.3. The molecule has 27 heavy (non-hydrogen) atoms. The van der Waals surface area contributed by atoms with Crippen LogP contribution in [0.25, 0.3) is 6.08 Å². The number of nitrogens with zero attached hydrogens (tertiary/aromatic N) is 1. The molecular weight excluding hydrogens is 346 g/mol. The second-order valence-electron chi connectivity index (χ2n) is 5.80. The highest BCUT2D eigenvalue weighted by Crippen LogP contribution is 2.33. The second-order valence-corrected chi connectivity index (χ2v) is 5.80. The molecule has 2 aromatic carbocycles. The molecule has 0 N–H and O–H groups in total. The number of esters is 1. The van der Waals surface area contributed by atoms with Gasteiger partial charge in [0.15, 0.2) is 17.2 Å². The highest BCUT2D eigenvalue weighted by molar-refractivity contribution is 6.13. The van der Waals surface area contributed by atoms with E-state index < -0.39 is 5.97 Å². The van der Waals surface area contributed by atoms with Crippen LogP contribution in [0.4, 0.5) is 0 Å². The minimum absolute atomic E-state index is 0.197. The third kappa shape index (κ3) is 4.11. The van der Waals surface area contributed by atoms with Crippen LogP contribution >= 0.6 is 0 Å². The van der Waals surface area contributed by atoms with Gasteiger partial charge < -0.3 is 18.9 Å². The predicted octanol–water partition coefficient (Wildman–Crippen LogP) is 3.84. The Balaban J connectivity index is 1.97. The van der Waals surface area contributed by atoms with Crippen LogP contribution in [0.5, 0.6) is 17.2 Å². The summed E-state index contributed by atoms with van der Waals surface area (Å²) in [6.07, 6.45) is 2.50. The van der Waals surface area contributed by atoms with Gasteiger partial charge in [-0.2, -0.15) is 0 Å². The van der Waals surface area contributed by atoms with Crippen molar-refractivity contribution < 1.29 is 23.7 Å². The van der Waals surface area contributed by atoms with Crippen LogP contribution in [-0.4, -0.2) is 32.7 Å². The molecule has 0 saturated carbocycles. The topological polar surface area (TPSA) is 66.3 Å². The highest BCUT2D eigenvalue weighted by atomic mass is 16.6. The third-order valence-corrected chi connectivity index (χ3v) is 3.91. The quantitative estimate of drug-likeness (QED) is 0.549. The largest absolute Gasteiger partial charge is 0.497 e. The molecule has 1 aliphatic heterocycles. The van der Waals surface area contributed by atoms with E-state index in [9.17, 15) is 4.79 Å². The van der Waals surface area contributed by atoms with E-state index in [2.05, 4.69) is 4.99 Å². The Morgan fingerprint density at radius 3 is 2.67 bits per heavy atom. The van der Waals surface area contributed by atoms with Crippen LogP contribution in [0.1, 0.15) is 24.5 Å². The average molecular weight is 367 g/mol. The first-order valence-corrected chi connectivity index (χ1v) is 8.63. The minimum atomic E-state index is -0.517. The third-order valence-electron chi connectivity index (χ3n) is 3.91. The first-order chi connectivity index (χ1) is 13.2. The van der Waals surface area contributed by atoms with Crippen LogP contribution in [0.2, 0.25) is 0 Å². The number of hydrogen-bond donors (Lipinski definition) is 0. The van der Waals surface area contributed by atoms with Gasteiger partial charge in [-0.05, 0) is 36.8 Å². The summed E-state index contributed by atoms with van der Waals surface area (Å²) in [5, 5.41) is 0. The molecule has 0 radical (unpaired) electrons. The monoisotopic (exact) mass is 367 g/mol. The van der Waals surface area contributed by atoms with E-state index in [1.165, 1.54) is 0 Å². The first kappa shape index (κ1) is 18.5. The van der Waals surface area contributed by atoms with E-state index in [-0.39, 0.29) is 11.6 Å². The van der Waals surface area contributed by atoms with Gasteiger partial charge in [-0.15, -0.1) is 0 Å². The van der Waals surface area contributed by atoms with Gasteiger partial charge in [0, 0.05) is 11.1 Å². The van der Waals surface area contributed by atoms with E-state index in [0.29, 0.717) is 35.0 Å². The van der Waals surface area contributed by atoms with Gasteiger partial charge in [-0.25, -0.2) is 9.79 Å². The van der Waals surface area contributed by atoms with Gasteiger partial charge in [-0.3, -0.25) is 0 Å². The van der Waals surface area contributed by atoms with Crippen LogP contribution in [0.3, 0.4) is 0 Å². The van der Waals surface area contributed by atoms with Crippen molar-refractivity contribution in [2.75, 3.05) is 20.8 Å². The van der Waals surface area contributed by atoms with Crippen LogP contribution in [-0.2, 0) is 9.53 Å². The molecule has 1 aliphatic rings. The molecule has 0 bridgehead atoms. The molecule has 0 atom stereocenters. The number of cyclic esters (lactones) is 1. The molecule has 0 saturated heterocycles. The van der Waals surface area contributed by atoms with Gasteiger partial charge in [0.1, 0.15) is 5.75 Å². The van der Waals surface area contributed by atoms with E-state index >= 15 is 0 Å². The molecule has 0 aliphatic carbocycles. The summed E-state index contributed by atoms with van der Waals surface area (Å²) in [5.74, 6) is 1.56. The van der Waals surface area contributed by atoms with Gasteiger partial charge >= 0.3 is 5.97 Å².